The van der Waals surface area contributed by atoms with Gasteiger partial charge in [-0.1, -0.05) is 6.07 Å². The number of hydrogen-bond acceptors (Lipinski definition) is 5. The average molecular weight is 452 g/mol. The van der Waals surface area contributed by atoms with Crippen molar-refractivity contribution in [1.82, 2.24) is 14.5 Å². The summed E-state index contributed by atoms with van der Waals surface area (Å²) in [4.78, 5) is 28.2. The van der Waals surface area contributed by atoms with Gasteiger partial charge in [0.25, 0.3) is 5.91 Å². The maximum Gasteiger partial charge on any atom is 0.307 e. The predicted octanol–water partition coefficient (Wildman–Crippen LogP) is 2.95. The average Bonchev–Trinajstić information content (AvgIpc) is 3.17. The Morgan fingerprint density at radius 1 is 1.38 bits per heavy atom. The van der Waals surface area contributed by atoms with Crippen LogP contribution in [0.1, 0.15) is 42.1 Å². The number of hydrogen-bond donors (Lipinski definition) is 2. The first-order valence-electron chi connectivity index (χ1n) is 10.2. The van der Waals surface area contributed by atoms with Crippen molar-refractivity contribution in [2.45, 2.75) is 43.9 Å². The molecule has 0 spiro atoms. The maximum absolute atomic E-state index is 15.2. The summed E-state index contributed by atoms with van der Waals surface area (Å²) in [6.45, 7) is 1.96. The summed E-state index contributed by atoms with van der Waals surface area (Å²) in [7, 11) is 0.965. The fourth-order valence-corrected chi connectivity index (χ4v) is 4.05. The van der Waals surface area contributed by atoms with Crippen LogP contribution in [0.3, 0.4) is 0 Å². The number of carboxylic acid groups (broad SMARTS) is 1. The molecule has 11 heteroatoms. The second kappa shape index (κ2) is 8.36. The predicted molar refractivity (Wildman–Crippen MR) is 108 cm³/mol. The van der Waals surface area contributed by atoms with Crippen LogP contribution in [0.4, 0.5) is 19.1 Å². The standard InChI is InChI=1S/C21H23F3N4O4/c1-27-18(23)15-9-13(32-8-5-12-11-28-7-2-6-25-20(28)26-12)3-4-14(15)17(22)21(24,19(27)31)10-16(29)30/h3-4,9,11,17-18H,2,5-8,10H2,1H3,(H,25,26)(H,29,30)/t17?,18?,21-/m1/s1. The fraction of sp³-hybridized carbons (Fsp3) is 0.476. The Morgan fingerprint density at radius 2 is 2.16 bits per heavy atom. The van der Waals surface area contributed by atoms with E-state index in [4.69, 9.17) is 9.84 Å². The largest absolute Gasteiger partial charge is 0.493 e. The summed E-state index contributed by atoms with van der Waals surface area (Å²) < 4.78 is 52.9. The minimum absolute atomic E-state index is 0.214. The van der Waals surface area contributed by atoms with Crippen LogP contribution in [0.2, 0.25) is 0 Å². The Hall–Kier alpha value is -3.24. The molecule has 2 unspecified atom stereocenters. The van der Waals surface area contributed by atoms with Gasteiger partial charge in [0.15, 0.2) is 6.17 Å². The number of carbonyl (C=O) groups excluding carboxylic acids is 1. The molecular formula is C21H23F3N4O4. The molecule has 2 aromatic rings. The molecule has 0 fully saturated rings. The van der Waals surface area contributed by atoms with Crippen molar-refractivity contribution in [2.75, 3.05) is 25.5 Å². The number of halogens is 3. The zero-order valence-corrected chi connectivity index (χ0v) is 17.4. The Bertz CT molecular complexity index is 1020. The van der Waals surface area contributed by atoms with Gasteiger partial charge < -0.3 is 24.6 Å². The Labute approximate surface area is 182 Å². The molecule has 32 heavy (non-hydrogen) atoms. The van der Waals surface area contributed by atoms with Crippen molar-refractivity contribution in [3.05, 3.63) is 41.2 Å². The van der Waals surface area contributed by atoms with Gasteiger partial charge in [0.2, 0.25) is 17.9 Å². The van der Waals surface area contributed by atoms with Crippen LogP contribution in [-0.2, 0) is 22.6 Å². The van der Waals surface area contributed by atoms with Crippen LogP contribution in [0.25, 0.3) is 0 Å². The topological polar surface area (TPSA) is 96.7 Å². The normalized spacial score (nSPS) is 24.9. The number of benzene rings is 1. The summed E-state index contributed by atoms with van der Waals surface area (Å²) in [5, 5.41) is 12.1. The van der Waals surface area contributed by atoms with Crippen LogP contribution in [0.15, 0.2) is 24.4 Å². The van der Waals surface area contributed by atoms with Crippen molar-refractivity contribution in [3.63, 3.8) is 0 Å². The minimum atomic E-state index is -3.41. The molecule has 0 saturated heterocycles. The minimum Gasteiger partial charge on any atom is -0.493 e. The summed E-state index contributed by atoms with van der Waals surface area (Å²) in [6.07, 6.45) is -2.78. The van der Waals surface area contributed by atoms with Crippen molar-refractivity contribution < 1.29 is 32.6 Å². The lowest BCUT2D eigenvalue weighted by Crippen LogP contribution is -2.47. The number of nitrogens with one attached hydrogen (secondary N) is 1. The van der Waals surface area contributed by atoms with Crippen LogP contribution in [-0.4, -0.2) is 57.3 Å². The van der Waals surface area contributed by atoms with Crippen LogP contribution in [0.5, 0.6) is 5.75 Å². The third-order valence-electron chi connectivity index (χ3n) is 5.73. The Morgan fingerprint density at radius 3 is 2.88 bits per heavy atom. The fourth-order valence-electron chi connectivity index (χ4n) is 4.05. The third kappa shape index (κ3) is 3.87. The highest BCUT2D eigenvalue weighted by molar-refractivity contribution is 5.91. The van der Waals surface area contributed by atoms with Gasteiger partial charge in [-0.25, -0.2) is 18.2 Å². The molecule has 0 bridgehead atoms. The number of rotatable bonds is 6. The molecule has 3 heterocycles. The number of ether oxygens (including phenoxy) is 1. The molecular weight excluding hydrogens is 429 g/mol. The van der Waals surface area contributed by atoms with Gasteiger partial charge in [-0.3, -0.25) is 9.59 Å². The molecule has 0 saturated carbocycles. The van der Waals surface area contributed by atoms with Crippen molar-refractivity contribution in [3.8, 4) is 5.75 Å². The number of anilines is 1. The monoisotopic (exact) mass is 452 g/mol. The van der Waals surface area contributed by atoms with Crippen molar-refractivity contribution >= 4 is 17.8 Å². The number of carbonyl (C=O) groups is 2. The lowest BCUT2D eigenvalue weighted by Gasteiger charge is -2.27. The number of imidazole rings is 1. The first-order chi connectivity index (χ1) is 15.2. The van der Waals surface area contributed by atoms with Crippen LogP contribution >= 0.6 is 0 Å². The molecule has 4 rings (SSSR count). The second-order valence-electron chi connectivity index (χ2n) is 7.97. The van der Waals surface area contributed by atoms with E-state index in [1.807, 2.05) is 10.8 Å². The number of nitrogens with zero attached hydrogens (tertiary/aromatic N) is 3. The van der Waals surface area contributed by atoms with E-state index in [2.05, 4.69) is 10.3 Å². The number of aliphatic carboxylic acids is 1. The highest BCUT2D eigenvalue weighted by Crippen LogP contribution is 2.46. The number of fused-ring (bicyclic) bond motifs is 2. The van der Waals surface area contributed by atoms with E-state index in [-0.39, 0.29) is 17.9 Å². The molecule has 0 aliphatic carbocycles. The van der Waals surface area contributed by atoms with E-state index in [0.29, 0.717) is 11.3 Å². The van der Waals surface area contributed by atoms with Gasteiger partial charge in [0, 0.05) is 38.3 Å². The smallest absolute Gasteiger partial charge is 0.307 e. The van der Waals surface area contributed by atoms with Gasteiger partial charge in [-0.2, -0.15) is 0 Å². The van der Waals surface area contributed by atoms with E-state index >= 15 is 8.78 Å². The molecule has 2 N–H and O–H groups in total. The molecule has 3 atom stereocenters. The first-order valence-corrected chi connectivity index (χ1v) is 10.2. The van der Waals surface area contributed by atoms with Crippen molar-refractivity contribution in [1.29, 1.82) is 0 Å². The Balaban J connectivity index is 1.52. The second-order valence-corrected chi connectivity index (χ2v) is 7.97. The molecule has 1 aromatic carbocycles. The molecule has 1 amide bonds. The highest BCUT2D eigenvalue weighted by Gasteiger charge is 2.55. The molecule has 2 aliphatic heterocycles. The maximum atomic E-state index is 15.2. The molecule has 2 aliphatic rings. The third-order valence-corrected chi connectivity index (χ3v) is 5.73. The van der Waals surface area contributed by atoms with Gasteiger partial charge in [0.05, 0.1) is 18.7 Å². The number of amides is 1. The van der Waals surface area contributed by atoms with Crippen LogP contribution < -0.4 is 10.1 Å². The van der Waals surface area contributed by atoms with E-state index < -0.39 is 42.0 Å². The van der Waals surface area contributed by atoms with E-state index in [9.17, 15) is 14.0 Å². The zero-order chi connectivity index (χ0) is 23.0. The number of aromatic nitrogens is 2. The van der Waals surface area contributed by atoms with Gasteiger partial charge >= 0.3 is 5.97 Å². The summed E-state index contributed by atoms with van der Waals surface area (Å²) >= 11 is 0. The SMILES string of the molecule is CN1C(=O)[C@@](F)(CC(=O)O)C(F)c2ccc(OCCc3cn4c(n3)NCCC4)cc2C1F. The van der Waals surface area contributed by atoms with E-state index in [1.54, 1.807) is 0 Å². The number of alkyl halides is 3. The van der Waals surface area contributed by atoms with E-state index in [1.165, 1.54) is 12.1 Å². The summed E-state index contributed by atoms with van der Waals surface area (Å²) in [5.74, 6) is -2.25. The highest BCUT2D eigenvalue weighted by atomic mass is 19.2. The zero-order valence-electron chi connectivity index (χ0n) is 17.4. The van der Waals surface area contributed by atoms with Crippen LogP contribution in [0, 0.1) is 0 Å². The van der Waals surface area contributed by atoms with Gasteiger partial charge in [-0.05, 0) is 24.1 Å². The van der Waals surface area contributed by atoms with Crippen molar-refractivity contribution in [2.24, 2.45) is 0 Å². The first kappa shape index (κ1) is 22.0. The molecule has 8 nitrogen and oxygen atoms in total. The quantitative estimate of drug-likeness (QED) is 0.655. The lowest BCUT2D eigenvalue weighted by molar-refractivity contribution is -0.159. The molecule has 172 valence electrons. The van der Waals surface area contributed by atoms with Gasteiger partial charge in [0.1, 0.15) is 5.75 Å². The number of carboxylic acids is 1. The molecule has 0 radical (unpaired) electrons. The Kier molecular flexibility index (Phi) is 5.74. The summed E-state index contributed by atoms with van der Waals surface area (Å²) in [6, 6.07) is 3.68. The van der Waals surface area contributed by atoms with Gasteiger partial charge in [-0.15, -0.1) is 0 Å². The summed E-state index contributed by atoms with van der Waals surface area (Å²) in [5.41, 5.74) is -3.29. The van der Waals surface area contributed by atoms with E-state index in [0.717, 1.165) is 44.3 Å². The molecule has 1 aromatic heterocycles. The number of aryl methyl sites for hydroxylation is 1. The lowest BCUT2D eigenvalue weighted by atomic mass is 9.89.